The number of benzene rings is 1. The summed E-state index contributed by atoms with van der Waals surface area (Å²) in [5, 5.41) is 8.88. The van der Waals surface area contributed by atoms with Crippen molar-refractivity contribution < 1.29 is 5.11 Å². The Labute approximate surface area is 75.4 Å². The van der Waals surface area contributed by atoms with Gasteiger partial charge in [-0.2, -0.15) is 0 Å². The van der Waals surface area contributed by atoms with Crippen molar-refractivity contribution in [2.75, 3.05) is 0 Å². The first-order valence-electron chi connectivity index (χ1n) is 4.12. The molecule has 0 aliphatic heterocycles. The van der Waals surface area contributed by atoms with E-state index in [0.29, 0.717) is 12.4 Å². The summed E-state index contributed by atoms with van der Waals surface area (Å²) in [6, 6.07) is 5.77. The first-order chi connectivity index (χ1) is 6.35. The number of fused-ring (bicyclic) bond motifs is 1. The molecule has 0 bridgehead atoms. The summed E-state index contributed by atoms with van der Waals surface area (Å²) in [5.41, 5.74) is 8.32. The molecule has 0 saturated carbocycles. The molecule has 68 valence electrons. The quantitative estimate of drug-likeness (QED) is 0.625. The van der Waals surface area contributed by atoms with E-state index >= 15 is 0 Å². The highest BCUT2D eigenvalue weighted by Gasteiger charge is 2.04. The average Bonchev–Trinajstić information content (AvgIpc) is 2.59. The van der Waals surface area contributed by atoms with Crippen molar-refractivity contribution in [1.82, 2.24) is 9.97 Å². The third-order valence-corrected chi connectivity index (χ3v) is 2.01. The van der Waals surface area contributed by atoms with Crippen LogP contribution in [0.4, 0.5) is 0 Å². The largest absolute Gasteiger partial charge is 0.388 e. The van der Waals surface area contributed by atoms with Gasteiger partial charge in [0.2, 0.25) is 0 Å². The number of H-pyrrole nitrogens is 1. The minimum atomic E-state index is -0.0707. The highest BCUT2D eigenvalue weighted by Crippen LogP contribution is 2.15. The maximum atomic E-state index is 8.88. The lowest BCUT2D eigenvalue weighted by Crippen LogP contribution is -1.96. The van der Waals surface area contributed by atoms with Crippen LogP contribution in [0.25, 0.3) is 11.0 Å². The van der Waals surface area contributed by atoms with Gasteiger partial charge in [0.15, 0.2) is 0 Å². The van der Waals surface area contributed by atoms with Gasteiger partial charge in [0.05, 0.1) is 11.0 Å². The Morgan fingerprint density at radius 2 is 2.31 bits per heavy atom. The van der Waals surface area contributed by atoms with Gasteiger partial charge in [0, 0.05) is 6.54 Å². The molecule has 0 amide bonds. The minimum Gasteiger partial charge on any atom is -0.388 e. The lowest BCUT2D eigenvalue weighted by molar-refractivity contribution is 0.273. The number of aliphatic hydroxyl groups is 1. The molecule has 0 unspecified atom stereocenters. The molecule has 13 heavy (non-hydrogen) atoms. The zero-order valence-corrected chi connectivity index (χ0v) is 7.12. The molecule has 0 spiro atoms. The second kappa shape index (κ2) is 3.16. The van der Waals surface area contributed by atoms with Crippen molar-refractivity contribution in [1.29, 1.82) is 0 Å². The molecule has 0 aliphatic carbocycles. The first kappa shape index (κ1) is 8.22. The normalized spacial score (nSPS) is 10.9. The van der Waals surface area contributed by atoms with E-state index in [0.717, 1.165) is 16.6 Å². The highest BCUT2D eigenvalue weighted by atomic mass is 16.3. The van der Waals surface area contributed by atoms with Gasteiger partial charge >= 0.3 is 0 Å². The molecule has 2 rings (SSSR count). The van der Waals surface area contributed by atoms with Crippen LogP contribution in [0.5, 0.6) is 0 Å². The number of para-hydroxylation sites is 1. The summed E-state index contributed by atoms with van der Waals surface area (Å²) in [5.74, 6) is 0.580. The molecule has 0 fully saturated rings. The summed E-state index contributed by atoms with van der Waals surface area (Å²) < 4.78 is 0. The van der Waals surface area contributed by atoms with Crippen molar-refractivity contribution in [3.63, 3.8) is 0 Å². The summed E-state index contributed by atoms with van der Waals surface area (Å²) in [6.45, 7) is 0.395. The fourth-order valence-electron chi connectivity index (χ4n) is 1.38. The van der Waals surface area contributed by atoms with Gasteiger partial charge in [0.1, 0.15) is 12.4 Å². The van der Waals surface area contributed by atoms with Crippen molar-refractivity contribution in [3.05, 3.63) is 29.6 Å². The molecule has 0 aliphatic rings. The van der Waals surface area contributed by atoms with E-state index in [1.807, 2.05) is 18.2 Å². The van der Waals surface area contributed by atoms with Crippen LogP contribution in [0.2, 0.25) is 0 Å². The number of hydrogen-bond acceptors (Lipinski definition) is 3. The van der Waals surface area contributed by atoms with E-state index in [9.17, 15) is 0 Å². The fourth-order valence-corrected chi connectivity index (χ4v) is 1.38. The molecular weight excluding hydrogens is 166 g/mol. The second-order valence-corrected chi connectivity index (χ2v) is 2.86. The SMILES string of the molecule is NCc1cccc2[nH]c(CO)nc12. The number of nitrogens with zero attached hydrogens (tertiary/aromatic N) is 1. The Hall–Kier alpha value is -1.39. The average molecular weight is 177 g/mol. The van der Waals surface area contributed by atoms with Crippen LogP contribution in [0.3, 0.4) is 0 Å². The predicted molar refractivity (Wildman–Crippen MR) is 49.9 cm³/mol. The Kier molecular flexibility index (Phi) is 2.00. The number of aromatic amines is 1. The molecule has 4 N–H and O–H groups in total. The Balaban J connectivity index is 2.67. The third kappa shape index (κ3) is 1.30. The molecule has 0 atom stereocenters. The van der Waals surface area contributed by atoms with Crippen LogP contribution in [0, 0.1) is 0 Å². The Bertz CT molecular complexity index is 422. The van der Waals surface area contributed by atoms with E-state index in [4.69, 9.17) is 10.8 Å². The van der Waals surface area contributed by atoms with Gasteiger partial charge in [0.25, 0.3) is 0 Å². The van der Waals surface area contributed by atoms with E-state index < -0.39 is 0 Å². The van der Waals surface area contributed by atoms with Gasteiger partial charge in [-0.1, -0.05) is 12.1 Å². The highest BCUT2D eigenvalue weighted by molar-refractivity contribution is 5.78. The zero-order chi connectivity index (χ0) is 9.26. The van der Waals surface area contributed by atoms with E-state index in [1.54, 1.807) is 0 Å². The van der Waals surface area contributed by atoms with Gasteiger partial charge in [-0.3, -0.25) is 0 Å². The van der Waals surface area contributed by atoms with Crippen LogP contribution in [-0.4, -0.2) is 15.1 Å². The number of nitrogens with one attached hydrogen (secondary N) is 1. The molecule has 0 saturated heterocycles. The maximum absolute atomic E-state index is 8.88. The van der Waals surface area contributed by atoms with Crippen LogP contribution in [0.15, 0.2) is 18.2 Å². The third-order valence-electron chi connectivity index (χ3n) is 2.01. The van der Waals surface area contributed by atoms with E-state index in [1.165, 1.54) is 0 Å². The van der Waals surface area contributed by atoms with Crippen LogP contribution in [0.1, 0.15) is 11.4 Å². The van der Waals surface area contributed by atoms with E-state index in [2.05, 4.69) is 9.97 Å². The molecule has 4 nitrogen and oxygen atoms in total. The molecule has 4 heteroatoms. The molecule has 1 heterocycles. The topological polar surface area (TPSA) is 74.9 Å². The van der Waals surface area contributed by atoms with Crippen LogP contribution in [-0.2, 0) is 13.2 Å². The number of hydrogen-bond donors (Lipinski definition) is 3. The first-order valence-corrected chi connectivity index (χ1v) is 4.12. The summed E-state index contributed by atoms with van der Waals surface area (Å²) in [4.78, 5) is 7.22. The number of aromatic nitrogens is 2. The van der Waals surface area contributed by atoms with Gasteiger partial charge in [-0.05, 0) is 11.6 Å². The van der Waals surface area contributed by atoms with E-state index in [-0.39, 0.29) is 6.61 Å². The number of aliphatic hydroxyl groups excluding tert-OH is 1. The van der Waals surface area contributed by atoms with Gasteiger partial charge < -0.3 is 15.8 Å². The summed E-state index contributed by atoms with van der Waals surface area (Å²) >= 11 is 0. The van der Waals surface area contributed by atoms with Gasteiger partial charge in [-0.25, -0.2) is 4.98 Å². The lowest BCUT2D eigenvalue weighted by atomic mass is 10.2. The summed E-state index contributed by atoms with van der Waals surface area (Å²) in [7, 11) is 0. The Morgan fingerprint density at radius 3 is 3.00 bits per heavy atom. The fraction of sp³-hybridized carbons (Fsp3) is 0.222. The standard InChI is InChI=1S/C9H11N3O/c10-4-6-2-1-3-7-9(6)12-8(5-13)11-7/h1-3,13H,4-5,10H2,(H,11,12). The zero-order valence-electron chi connectivity index (χ0n) is 7.12. The van der Waals surface area contributed by atoms with Crippen molar-refractivity contribution in [2.24, 2.45) is 5.73 Å². The Morgan fingerprint density at radius 1 is 1.46 bits per heavy atom. The van der Waals surface area contributed by atoms with Crippen LogP contribution >= 0.6 is 0 Å². The van der Waals surface area contributed by atoms with Crippen molar-refractivity contribution in [2.45, 2.75) is 13.2 Å². The smallest absolute Gasteiger partial charge is 0.133 e. The molecule has 2 aromatic rings. The molecule has 0 radical (unpaired) electrons. The number of rotatable bonds is 2. The maximum Gasteiger partial charge on any atom is 0.133 e. The molecular formula is C9H11N3O. The van der Waals surface area contributed by atoms with Crippen LogP contribution < -0.4 is 5.73 Å². The summed E-state index contributed by atoms with van der Waals surface area (Å²) in [6.07, 6.45) is 0. The second-order valence-electron chi connectivity index (χ2n) is 2.86. The number of nitrogens with two attached hydrogens (primary N) is 1. The van der Waals surface area contributed by atoms with Crippen molar-refractivity contribution in [3.8, 4) is 0 Å². The molecule has 1 aromatic carbocycles. The van der Waals surface area contributed by atoms with Crippen molar-refractivity contribution >= 4 is 11.0 Å². The monoisotopic (exact) mass is 177 g/mol. The number of imidazole rings is 1. The minimum absolute atomic E-state index is 0.0707. The predicted octanol–water partition coefficient (Wildman–Crippen LogP) is 0.514. The lowest BCUT2D eigenvalue weighted by Gasteiger charge is -1.95. The molecule has 1 aromatic heterocycles. The van der Waals surface area contributed by atoms with Gasteiger partial charge in [-0.15, -0.1) is 0 Å².